The predicted molar refractivity (Wildman–Crippen MR) is 116 cm³/mol. The summed E-state index contributed by atoms with van der Waals surface area (Å²) in [4.78, 5) is 28.9. The van der Waals surface area contributed by atoms with Crippen LogP contribution in [0.15, 0.2) is 48.7 Å². The summed E-state index contributed by atoms with van der Waals surface area (Å²) in [5, 5.41) is 5.63. The number of hydrogen-bond acceptors (Lipinski definition) is 5. The van der Waals surface area contributed by atoms with Crippen LogP contribution in [-0.4, -0.2) is 36.1 Å². The summed E-state index contributed by atoms with van der Waals surface area (Å²) in [6, 6.07) is 11.7. The molecule has 0 radical (unpaired) electrons. The van der Waals surface area contributed by atoms with E-state index in [4.69, 9.17) is 10.5 Å². The minimum atomic E-state index is -0.587. The first-order chi connectivity index (χ1) is 13.1. The molecule has 1 aliphatic heterocycles. The van der Waals surface area contributed by atoms with Gasteiger partial charge in [0.15, 0.2) is 0 Å². The SMILES string of the molecule is Cl.Cl.NC(C(=O)Nc1cccc(C(=O)NCc2ccccn2)c1)C1CCOCC1. The first-order valence-electron chi connectivity index (χ1n) is 9.06. The molecule has 1 aliphatic rings. The van der Waals surface area contributed by atoms with E-state index in [1.807, 2.05) is 18.2 Å². The molecule has 4 N–H and O–H groups in total. The van der Waals surface area contributed by atoms with E-state index in [0.29, 0.717) is 31.0 Å². The number of anilines is 1. The van der Waals surface area contributed by atoms with Crippen LogP contribution in [0, 0.1) is 5.92 Å². The zero-order valence-electron chi connectivity index (χ0n) is 15.9. The van der Waals surface area contributed by atoms with E-state index < -0.39 is 6.04 Å². The fraction of sp³-hybridized carbons (Fsp3) is 0.350. The molecule has 0 aliphatic carbocycles. The van der Waals surface area contributed by atoms with Gasteiger partial charge in [-0.3, -0.25) is 14.6 Å². The molecule has 1 saturated heterocycles. The van der Waals surface area contributed by atoms with Crippen LogP contribution < -0.4 is 16.4 Å². The minimum Gasteiger partial charge on any atom is -0.381 e. The molecule has 0 bridgehead atoms. The molecule has 7 nitrogen and oxygen atoms in total. The van der Waals surface area contributed by atoms with Crippen LogP contribution in [0.4, 0.5) is 5.69 Å². The van der Waals surface area contributed by atoms with Crippen molar-refractivity contribution in [3.05, 3.63) is 59.9 Å². The quantitative estimate of drug-likeness (QED) is 0.639. The Kier molecular flexibility index (Phi) is 10.6. The second-order valence-corrected chi connectivity index (χ2v) is 6.55. The molecule has 0 spiro atoms. The van der Waals surface area contributed by atoms with Crippen molar-refractivity contribution in [2.75, 3.05) is 18.5 Å². The molecule has 1 aromatic carbocycles. The number of halogens is 2. The van der Waals surface area contributed by atoms with Gasteiger partial charge in [-0.1, -0.05) is 12.1 Å². The lowest BCUT2D eigenvalue weighted by atomic mass is 9.92. The van der Waals surface area contributed by atoms with Crippen LogP contribution in [-0.2, 0) is 16.1 Å². The lowest BCUT2D eigenvalue weighted by Crippen LogP contribution is -2.44. The fourth-order valence-corrected chi connectivity index (χ4v) is 3.03. The number of nitrogens with two attached hydrogens (primary N) is 1. The van der Waals surface area contributed by atoms with Crippen LogP contribution >= 0.6 is 24.8 Å². The van der Waals surface area contributed by atoms with Crippen molar-refractivity contribution < 1.29 is 14.3 Å². The Labute approximate surface area is 182 Å². The second-order valence-electron chi connectivity index (χ2n) is 6.55. The molecule has 29 heavy (non-hydrogen) atoms. The van der Waals surface area contributed by atoms with Crippen LogP contribution in [0.1, 0.15) is 28.9 Å². The number of pyridine rings is 1. The maximum atomic E-state index is 12.4. The normalized spacial score (nSPS) is 14.7. The molecule has 1 aromatic heterocycles. The Hall–Kier alpha value is -2.19. The Morgan fingerprint density at radius 1 is 1.14 bits per heavy atom. The van der Waals surface area contributed by atoms with Crippen molar-refractivity contribution in [1.82, 2.24) is 10.3 Å². The Morgan fingerprint density at radius 2 is 1.90 bits per heavy atom. The zero-order chi connectivity index (χ0) is 19.1. The number of carbonyl (C=O) groups is 2. The van der Waals surface area contributed by atoms with Gasteiger partial charge in [-0.2, -0.15) is 0 Å². The number of carbonyl (C=O) groups excluding carboxylic acids is 2. The molecule has 3 rings (SSSR count). The summed E-state index contributed by atoms with van der Waals surface area (Å²) in [5.74, 6) is -0.359. The van der Waals surface area contributed by atoms with Gasteiger partial charge < -0.3 is 21.1 Å². The van der Waals surface area contributed by atoms with E-state index in [1.54, 1.807) is 30.5 Å². The molecule has 158 valence electrons. The average molecular weight is 441 g/mol. The third-order valence-electron chi connectivity index (χ3n) is 4.63. The number of hydrogen-bond donors (Lipinski definition) is 3. The number of benzene rings is 1. The smallest absolute Gasteiger partial charge is 0.251 e. The van der Waals surface area contributed by atoms with Crippen molar-refractivity contribution >= 4 is 42.3 Å². The van der Waals surface area contributed by atoms with Gasteiger partial charge in [0, 0.05) is 30.7 Å². The highest BCUT2D eigenvalue weighted by atomic mass is 35.5. The van der Waals surface area contributed by atoms with Crippen LogP contribution in [0.5, 0.6) is 0 Å². The van der Waals surface area contributed by atoms with Gasteiger partial charge in [0.2, 0.25) is 5.91 Å². The summed E-state index contributed by atoms with van der Waals surface area (Å²) in [6.45, 7) is 1.61. The van der Waals surface area contributed by atoms with E-state index in [2.05, 4.69) is 15.6 Å². The predicted octanol–water partition coefficient (Wildman–Crippen LogP) is 2.55. The maximum Gasteiger partial charge on any atom is 0.251 e. The molecule has 2 amide bonds. The van der Waals surface area contributed by atoms with E-state index in [0.717, 1.165) is 18.5 Å². The number of amides is 2. The first-order valence-corrected chi connectivity index (χ1v) is 9.06. The average Bonchev–Trinajstić information content (AvgIpc) is 2.73. The first kappa shape index (κ1) is 24.8. The van der Waals surface area contributed by atoms with Crippen LogP contribution in [0.25, 0.3) is 0 Å². The van der Waals surface area contributed by atoms with Crippen LogP contribution in [0.2, 0.25) is 0 Å². The Bertz CT molecular complexity index is 786. The topological polar surface area (TPSA) is 106 Å². The maximum absolute atomic E-state index is 12.4. The number of rotatable bonds is 6. The highest BCUT2D eigenvalue weighted by Gasteiger charge is 2.26. The van der Waals surface area contributed by atoms with Gasteiger partial charge in [-0.15, -0.1) is 24.8 Å². The van der Waals surface area contributed by atoms with Gasteiger partial charge >= 0.3 is 0 Å². The van der Waals surface area contributed by atoms with Gasteiger partial charge in [0.05, 0.1) is 18.3 Å². The minimum absolute atomic E-state index is 0. The van der Waals surface area contributed by atoms with Crippen molar-refractivity contribution in [2.45, 2.75) is 25.4 Å². The van der Waals surface area contributed by atoms with E-state index in [9.17, 15) is 9.59 Å². The lowest BCUT2D eigenvalue weighted by molar-refractivity contribution is -0.119. The second kappa shape index (κ2) is 12.4. The molecule has 2 aromatic rings. The third kappa shape index (κ3) is 7.29. The van der Waals surface area contributed by atoms with Crippen molar-refractivity contribution in [2.24, 2.45) is 11.7 Å². The Morgan fingerprint density at radius 3 is 2.59 bits per heavy atom. The highest BCUT2D eigenvalue weighted by molar-refractivity contribution is 5.98. The summed E-state index contributed by atoms with van der Waals surface area (Å²) in [5.41, 5.74) is 7.88. The number of ether oxygens (including phenoxy) is 1. The molecule has 0 saturated carbocycles. The molecule has 1 fully saturated rings. The molecular formula is C20H26Cl2N4O3. The van der Waals surface area contributed by atoms with Gasteiger partial charge in [-0.05, 0) is 49.1 Å². The van der Waals surface area contributed by atoms with Gasteiger partial charge in [0.1, 0.15) is 0 Å². The molecular weight excluding hydrogens is 415 g/mol. The van der Waals surface area contributed by atoms with Crippen molar-refractivity contribution in [3.63, 3.8) is 0 Å². The molecule has 1 unspecified atom stereocenters. The largest absolute Gasteiger partial charge is 0.381 e. The molecule has 1 atom stereocenters. The fourth-order valence-electron chi connectivity index (χ4n) is 3.03. The standard InChI is InChI=1S/C20H24N4O3.2ClH/c21-18(14-7-10-27-11-8-14)20(26)24-16-6-3-4-15(12-16)19(25)23-13-17-5-1-2-9-22-17;;/h1-6,9,12,14,18H,7-8,10-11,13,21H2,(H,23,25)(H,24,26);2*1H. The monoisotopic (exact) mass is 440 g/mol. The van der Waals surface area contributed by atoms with Crippen molar-refractivity contribution in [3.8, 4) is 0 Å². The number of aromatic nitrogens is 1. The van der Waals surface area contributed by atoms with E-state index >= 15 is 0 Å². The van der Waals surface area contributed by atoms with Gasteiger partial charge in [-0.25, -0.2) is 0 Å². The van der Waals surface area contributed by atoms with Crippen molar-refractivity contribution in [1.29, 1.82) is 0 Å². The zero-order valence-corrected chi connectivity index (χ0v) is 17.5. The highest BCUT2D eigenvalue weighted by Crippen LogP contribution is 2.19. The summed E-state index contributed by atoms with van der Waals surface area (Å²) in [7, 11) is 0. The Balaban J connectivity index is 0.00000210. The molecule has 9 heteroatoms. The van der Waals surface area contributed by atoms with E-state index in [1.165, 1.54) is 0 Å². The number of nitrogens with one attached hydrogen (secondary N) is 2. The van der Waals surface area contributed by atoms with Crippen LogP contribution in [0.3, 0.4) is 0 Å². The molecule has 2 heterocycles. The van der Waals surface area contributed by atoms with Gasteiger partial charge in [0.25, 0.3) is 5.91 Å². The summed E-state index contributed by atoms with van der Waals surface area (Å²) >= 11 is 0. The lowest BCUT2D eigenvalue weighted by Gasteiger charge is -2.26. The summed E-state index contributed by atoms with van der Waals surface area (Å²) < 4.78 is 5.31. The van der Waals surface area contributed by atoms with E-state index in [-0.39, 0.29) is 42.5 Å². The number of nitrogens with zero attached hydrogens (tertiary/aromatic N) is 1. The third-order valence-corrected chi connectivity index (χ3v) is 4.63. The summed E-state index contributed by atoms with van der Waals surface area (Å²) in [6.07, 6.45) is 3.24.